The number of aliphatic hydroxyl groups excluding tert-OH is 1. The Balaban J connectivity index is 1.26. The number of aliphatic hydroxyl groups is 1. The lowest BCUT2D eigenvalue weighted by Crippen LogP contribution is -2.57. The third kappa shape index (κ3) is 6.75. The van der Waals surface area contributed by atoms with E-state index in [-0.39, 0.29) is 12.4 Å². The molecule has 2 fully saturated rings. The molecular formula is C32H32N3O10P. The molecule has 1 spiro atoms. The van der Waals surface area contributed by atoms with Gasteiger partial charge in [-0.2, -0.15) is 5.09 Å². The summed E-state index contributed by atoms with van der Waals surface area (Å²) in [6, 6.07) is 25.8. The second-order valence-electron chi connectivity index (χ2n) is 10.8. The van der Waals surface area contributed by atoms with Crippen LogP contribution in [0.5, 0.6) is 5.75 Å². The number of hydrogen-bond donors (Lipinski definition) is 3. The van der Waals surface area contributed by atoms with Gasteiger partial charge >= 0.3 is 19.4 Å². The van der Waals surface area contributed by atoms with Crippen molar-refractivity contribution >= 4 is 13.7 Å². The minimum Gasteiger partial charge on any atom is -0.459 e. The minimum atomic E-state index is -4.43. The molecule has 46 heavy (non-hydrogen) atoms. The Morgan fingerprint density at radius 3 is 2.30 bits per heavy atom. The van der Waals surface area contributed by atoms with Crippen LogP contribution in [0.3, 0.4) is 0 Å². The molecule has 0 bridgehead atoms. The van der Waals surface area contributed by atoms with Crippen LogP contribution >= 0.6 is 7.75 Å². The SMILES string of the molecule is O=C(OCc1ccccc1)[C@@H](NP(=O)(OC[C@H]1O[C@@H](n2ccc(=O)[nH]c2=O)[C@@]2(CCO2)[C@@H]1O)Oc1ccccc1)c1ccccc1. The molecule has 1 unspecified atom stereocenters. The maximum atomic E-state index is 14.5. The molecule has 3 N–H and O–H groups in total. The molecule has 2 saturated heterocycles. The topological polar surface area (TPSA) is 167 Å². The van der Waals surface area contributed by atoms with Gasteiger partial charge < -0.3 is 23.8 Å². The zero-order valence-corrected chi connectivity index (χ0v) is 25.4. The van der Waals surface area contributed by atoms with E-state index in [1.807, 2.05) is 30.3 Å². The van der Waals surface area contributed by atoms with E-state index in [1.165, 1.54) is 6.20 Å². The zero-order valence-electron chi connectivity index (χ0n) is 24.5. The molecule has 0 aliphatic carbocycles. The number of carbonyl (C=O) groups excluding carboxylic acids is 1. The van der Waals surface area contributed by atoms with E-state index in [0.29, 0.717) is 18.6 Å². The third-order valence-electron chi connectivity index (χ3n) is 7.80. The number of hydrogen-bond acceptors (Lipinski definition) is 10. The van der Waals surface area contributed by atoms with E-state index < -0.39 is 61.7 Å². The van der Waals surface area contributed by atoms with Crippen LogP contribution in [0.1, 0.15) is 29.8 Å². The number of aromatic nitrogens is 2. The molecule has 240 valence electrons. The largest absolute Gasteiger partial charge is 0.459 e. The van der Waals surface area contributed by atoms with Crippen LogP contribution in [0.4, 0.5) is 0 Å². The van der Waals surface area contributed by atoms with Crippen molar-refractivity contribution in [2.45, 2.75) is 43.1 Å². The summed E-state index contributed by atoms with van der Waals surface area (Å²) in [6.07, 6.45) is -1.96. The van der Waals surface area contributed by atoms with Gasteiger partial charge in [0.15, 0.2) is 6.23 Å². The zero-order chi connectivity index (χ0) is 32.1. The first-order valence-corrected chi connectivity index (χ1v) is 16.1. The van der Waals surface area contributed by atoms with E-state index in [2.05, 4.69) is 10.1 Å². The summed E-state index contributed by atoms with van der Waals surface area (Å²) >= 11 is 0. The van der Waals surface area contributed by atoms with Crippen LogP contribution in [-0.2, 0) is 34.7 Å². The van der Waals surface area contributed by atoms with Crippen molar-refractivity contribution in [3.8, 4) is 5.75 Å². The fourth-order valence-corrected chi connectivity index (χ4v) is 6.88. The summed E-state index contributed by atoms with van der Waals surface area (Å²) in [5.41, 5.74) is -1.44. The average Bonchev–Trinajstić information content (AvgIpc) is 3.35. The second-order valence-corrected chi connectivity index (χ2v) is 12.5. The summed E-state index contributed by atoms with van der Waals surface area (Å²) in [5, 5.41) is 14.1. The molecule has 6 rings (SSSR count). The van der Waals surface area contributed by atoms with Crippen molar-refractivity contribution in [1.82, 2.24) is 14.6 Å². The van der Waals surface area contributed by atoms with Gasteiger partial charge in [0.2, 0.25) is 0 Å². The Bertz CT molecular complexity index is 1800. The average molecular weight is 650 g/mol. The van der Waals surface area contributed by atoms with Gasteiger partial charge in [-0.3, -0.25) is 18.9 Å². The Morgan fingerprint density at radius 1 is 1.02 bits per heavy atom. The number of carbonyl (C=O) groups is 1. The molecule has 1 aromatic heterocycles. The fraction of sp³-hybridized carbons (Fsp3) is 0.281. The van der Waals surface area contributed by atoms with E-state index in [4.69, 9.17) is 23.3 Å². The number of rotatable bonds is 12. The maximum absolute atomic E-state index is 14.5. The summed E-state index contributed by atoms with van der Waals surface area (Å²) in [5.74, 6) is -0.542. The van der Waals surface area contributed by atoms with Gasteiger partial charge in [0, 0.05) is 18.7 Å². The first-order chi connectivity index (χ1) is 22.3. The molecule has 0 saturated carbocycles. The highest BCUT2D eigenvalue weighted by Gasteiger charge is 2.62. The minimum absolute atomic E-state index is 0.0227. The van der Waals surface area contributed by atoms with Crippen LogP contribution in [0.25, 0.3) is 0 Å². The molecule has 3 heterocycles. The van der Waals surface area contributed by atoms with Crippen molar-refractivity contribution in [2.24, 2.45) is 0 Å². The van der Waals surface area contributed by atoms with E-state index in [0.717, 1.165) is 16.2 Å². The fourth-order valence-electron chi connectivity index (χ4n) is 5.39. The smallest absolute Gasteiger partial charge is 0.459 e. The van der Waals surface area contributed by atoms with Gasteiger partial charge in [0.25, 0.3) is 5.56 Å². The molecule has 2 aliphatic heterocycles. The summed E-state index contributed by atoms with van der Waals surface area (Å²) in [7, 11) is -4.43. The third-order valence-corrected chi connectivity index (χ3v) is 9.31. The predicted octanol–water partition coefficient (Wildman–Crippen LogP) is 3.23. The lowest BCUT2D eigenvalue weighted by atomic mass is 9.86. The molecule has 0 amide bonds. The van der Waals surface area contributed by atoms with Gasteiger partial charge in [-0.15, -0.1) is 0 Å². The molecule has 14 heteroatoms. The van der Waals surface area contributed by atoms with Crippen molar-refractivity contribution in [1.29, 1.82) is 0 Å². The Hall–Kier alpha value is -4.36. The number of para-hydroxylation sites is 1. The van der Waals surface area contributed by atoms with Crippen molar-refractivity contribution < 1.29 is 37.7 Å². The molecular weight excluding hydrogens is 617 g/mol. The predicted molar refractivity (Wildman–Crippen MR) is 164 cm³/mol. The standard InChI is InChI=1S/C32H32N3O10P/c36-26-16-18-35(31(39)33-26)30-32(17-19-42-32)28(37)25(44-30)21-43-46(40,45-24-14-8-3-9-15-24)34-27(23-12-6-2-7-13-23)29(38)41-20-22-10-4-1-5-11-22/h1-16,18,25,27-28,30,37H,17,19-21H2,(H,34,40)(H,33,36,39)/t25-,27+,28-,30-,32-,46?/m1/s1. The Kier molecular flexibility index (Phi) is 9.32. The maximum Gasteiger partial charge on any atom is 0.459 e. The highest BCUT2D eigenvalue weighted by Crippen LogP contribution is 2.51. The summed E-state index contributed by atoms with van der Waals surface area (Å²) in [6.45, 7) is -0.201. The van der Waals surface area contributed by atoms with Gasteiger partial charge in [-0.1, -0.05) is 78.9 Å². The van der Waals surface area contributed by atoms with Crippen LogP contribution in [0.15, 0.2) is 113 Å². The molecule has 13 nitrogen and oxygen atoms in total. The first-order valence-electron chi connectivity index (χ1n) is 14.6. The number of esters is 1. The van der Waals surface area contributed by atoms with Crippen LogP contribution in [0.2, 0.25) is 0 Å². The van der Waals surface area contributed by atoms with E-state index in [9.17, 15) is 24.1 Å². The second kappa shape index (κ2) is 13.6. The van der Waals surface area contributed by atoms with E-state index in [1.54, 1.807) is 60.7 Å². The number of H-pyrrole nitrogens is 1. The van der Waals surface area contributed by atoms with Crippen molar-refractivity contribution in [3.63, 3.8) is 0 Å². The summed E-state index contributed by atoms with van der Waals surface area (Å²) < 4.78 is 44.7. The number of aromatic amines is 1. The molecule has 3 aromatic carbocycles. The quantitative estimate of drug-likeness (QED) is 0.152. The number of nitrogens with zero attached hydrogens (tertiary/aromatic N) is 1. The van der Waals surface area contributed by atoms with Crippen molar-refractivity contribution in [2.75, 3.05) is 13.2 Å². The highest BCUT2D eigenvalue weighted by atomic mass is 31.2. The van der Waals surface area contributed by atoms with Gasteiger partial charge in [0.05, 0.1) is 13.2 Å². The number of nitrogens with one attached hydrogen (secondary N) is 2. The Labute approximate surface area is 263 Å². The molecule has 6 atom stereocenters. The number of ether oxygens (including phenoxy) is 3. The lowest BCUT2D eigenvalue weighted by Gasteiger charge is -2.44. The normalized spacial score (nSPS) is 24.1. The lowest BCUT2D eigenvalue weighted by molar-refractivity contribution is -0.227. The monoisotopic (exact) mass is 649 g/mol. The first kappa shape index (κ1) is 31.6. The summed E-state index contributed by atoms with van der Waals surface area (Å²) in [4.78, 5) is 39.9. The molecule has 0 radical (unpaired) electrons. The molecule has 2 aliphatic rings. The van der Waals surface area contributed by atoms with Gasteiger partial charge in [-0.05, 0) is 23.3 Å². The van der Waals surface area contributed by atoms with Crippen LogP contribution < -0.4 is 20.9 Å². The van der Waals surface area contributed by atoms with Crippen LogP contribution in [-0.4, -0.2) is 51.6 Å². The molecule has 4 aromatic rings. The van der Waals surface area contributed by atoms with E-state index >= 15 is 0 Å². The van der Waals surface area contributed by atoms with Gasteiger partial charge in [0.1, 0.15) is 36.2 Å². The Morgan fingerprint density at radius 2 is 1.67 bits per heavy atom. The van der Waals surface area contributed by atoms with Crippen molar-refractivity contribution in [3.05, 3.63) is 135 Å². The highest BCUT2D eigenvalue weighted by molar-refractivity contribution is 7.52. The van der Waals surface area contributed by atoms with Gasteiger partial charge in [-0.25, -0.2) is 14.2 Å². The van der Waals surface area contributed by atoms with Crippen LogP contribution in [0, 0.1) is 0 Å². The number of benzene rings is 3.